The number of aromatic nitrogens is 4. The predicted octanol–water partition coefficient (Wildman–Crippen LogP) is -0.153. The first kappa shape index (κ1) is 24.8. The molecular formula is C21H23FN6O6S. The molecule has 4 N–H and O–H groups in total. The Morgan fingerprint density at radius 3 is 2.77 bits per heavy atom. The summed E-state index contributed by atoms with van der Waals surface area (Å²) in [6, 6.07) is 6.83. The average Bonchev–Trinajstić information content (AvgIpc) is 3.41. The van der Waals surface area contributed by atoms with Crippen LogP contribution in [0.15, 0.2) is 49.1 Å². The lowest BCUT2D eigenvalue weighted by Gasteiger charge is -2.19. The molecule has 4 atom stereocenters. The number of carbonyl (C=O) groups is 1. The second-order valence-corrected chi connectivity index (χ2v) is 9.37. The molecule has 3 aromatic rings. The Kier molecular flexibility index (Phi) is 7.18. The molecule has 35 heavy (non-hydrogen) atoms. The van der Waals surface area contributed by atoms with E-state index in [4.69, 9.17) is 4.18 Å². The summed E-state index contributed by atoms with van der Waals surface area (Å²) >= 11 is 0. The van der Waals surface area contributed by atoms with Crippen LogP contribution in [0.25, 0.3) is 0 Å². The smallest absolute Gasteiger partial charge is 0.335 e. The molecule has 0 bridgehead atoms. The number of anilines is 1. The number of benzene rings is 1. The van der Waals surface area contributed by atoms with Gasteiger partial charge < -0.3 is 15.5 Å². The van der Waals surface area contributed by atoms with E-state index in [0.717, 1.165) is 7.05 Å². The van der Waals surface area contributed by atoms with E-state index in [1.54, 1.807) is 18.2 Å². The van der Waals surface area contributed by atoms with Gasteiger partial charge in [0.05, 0.1) is 18.2 Å². The second kappa shape index (κ2) is 10.1. The van der Waals surface area contributed by atoms with Crippen molar-refractivity contribution < 1.29 is 32.0 Å². The van der Waals surface area contributed by atoms with Crippen molar-refractivity contribution in [2.75, 3.05) is 12.4 Å². The van der Waals surface area contributed by atoms with Gasteiger partial charge in [0.15, 0.2) is 0 Å². The lowest BCUT2D eigenvalue weighted by Crippen LogP contribution is -2.38. The van der Waals surface area contributed by atoms with Gasteiger partial charge in [-0.05, 0) is 12.1 Å². The minimum absolute atomic E-state index is 0.0394. The fourth-order valence-electron chi connectivity index (χ4n) is 3.73. The number of aliphatic hydroxyl groups is 2. The summed E-state index contributed by atoms with van der Waals surface area (Å²) in [6.45, 7) is 0.124. The molecule has 14 heteroatoms. The highest BCUT2D eigenvalue weighted by Crippen LogP contribution is 2.28. The lowest BCUT2D eigenvalue weighted by atomic mass is 10.1. The van der Waals surface area contributed by atoms with E-state index in [-0.39, 0.29) is 35.9 Å². The number of nitrogens with zero attached hydrogens (tertiary/aromatic N) is 4. The summed E-state index contributed by atoms with van der Waals surface area (Å²) < 4.78 is 45.5. The summed E-state index contributed by atoms with van der Waals surface area (Å²) in [6.07, 6.45) is -0.195. The van der Waals surface area contributed by atoms with Gasteiger partial charge in [-0.3, -0.25) is 13.7 Å². The molecule has 0 amide bonds. The maximum Gasteiger partial charge on any atom is 0.335 e. The highest BCUT2D eigenvalue weighted by atomic mass is 32.2. The highest BCUT2D eigenvalue weighted by Gasteiger charge is 2.44. The molecule has 0 unspecified atom stereocenters. The van der Waals surface area contributed by atoms with Crippen LogP contribution in [0.3, 0.4) is 0 Å². The number of nitrogens with one attached hydrogen (secondary N) is 2. The normalized spacial score (nSPS) is 22.3. The van der Waals surface area contributed by atoms with E-state index in [9.17, 15) is 27.8 Å². The third kappa shape index (κ3) is 5.52. The third-order valence-electron chi connectivity index (χ3n) is 5.57. The number of hydrogen-bond donors (Lipinski definition) is 4. The number of hydrogen-bond acceptors (Lipinski definition) is 10. The molecule has 1 fully saturated rings. The molecule has 1 saturated carbocycles. The van der Waals surface area contributed by atoms with Crippen LogP contribution in [0.5, 0.6) is 0 Å². The van der Waals surface area contributed by atoms with Gasteiger partial charge >= 0.3 is 10.3 Å². The summed E-state index contributed by atoms with van der Waals surface area (Å²) in [5.74, 6) is -0.859. The van der Waals surface area contributed by atoms with E-state index in [1.807, 2.05) is 4.72 Å². The molecule has 0 spiro atoms. The molecule has 1 aliphatic rings. The monoisotopic (exact) mass is 506 g/mol. The molecule has 12 nitrogen and oxygen atoms in total. The topological polar surface area (TPSA) is 169 Å². The molecule has 0 aliphatic heterocycles. The van der Waals surface area contributed by atoms with Crippen LogP contribution < -0.4 is 10.0 Å². The Hall–Kier alpha value is -3.30. The molecule has 186 valence electrons. The molecule has 1 aromatic carbocycles. The third-order valence-corrected chi connectivity index (χ3v) is 6.57. The van der Waals surface area contributed by atoms with Gasteiger partial charge in [-0.1, -0.05) is 18.2 Å². The Morgan fingerprint density at radius 1 is 1.26 bits per heavy atom. The van der Waals surface area contributed by atoms with Crippen molar-refractivity contribution in [3.8, 4) is 0 Å². The molecule has 2 heterocycles. The number of ketones is 1. The summed E-state index contributed by atoms with van der Waals surface area (Å²) in [4.78, 5) is 21.1. The number of rotatable bonds is 9. The van der Waals surface area contributed by atoms with Crippen LogP contribution >= 0.6 is 0 Å². The van der Waals surface area contributed by atoms with Gasteiger partial charge in [0.1, 0.15) is 42.0 Å². The molecular weight excluding hydrogens is 483 g/mol. The van der Waals surface area contributed by atoms with Crippen molar-refractivity contribution in [1.82, 2.24) is 24.5 Å². The van der Waals surface area contributed by atoms with Gasteiger partial charge in [0, 0.05) is 31.4 Å². The SMILES string of the molecule is CNS(=O)(=O)O[C@@H]1C[C@@H](Nc2ncncc2C(=O)c2ccn(Cc3ccccc3F)n2)[C@H](O)[C@H]1O. The maximum atomic E-state index is 13.9. The lowest BCUT2D eigenvalue weighted by molar-refractivity contribution is -0.00882. The maximum absolute atomic E-state index is 13.9. The van der Waals surface area contributed by atoms with Crippen LogP contribution in [0.1, 0.15) is 28.0 Å². The molecule has 2 aromatic heterocycles. The van der Waals surface area contributed by atoms with Crippen LogP contribution in [-0.4, -0.2) is 75.6 Å². The Labute approximate surface area is 200 Å². The van der Waals surface area contributed by atoms with Gasteiger partial charge in [-0.25, -0.2) is 14.4 Å². The Morgan fingerprint density at radius 2 is 2.03 bits per heavy atom. The van der Waals surface area contributed by atoms with Crippen molar-refractivity contribution in [3.05, 3.63) is 71.7 Å². The van der Waals surface area contributed by atoms with Crippen LogP contribution in [0.4, 0.5) is 10.2 Å². The summed E-state index contributed by atoms with van der Waals surface area (Å²) in [5.41, 5.74) is 0.510. The fourth-order valence-corrected chi connectivity index (χ4v) is 4.35. The van der Waals surface area contributed by atoms with Gasteiger partial charge in [-0.15, -0.1) is 0 Å². The van der Waals surface area contributed by atoms with Crippen molar-refractivity contribution in [3.63, 3.8) is 0 Å². The Bertz CT molecular complexity index is 1320. The van der Waals surface area contributed by atoms with Gasteiger partial charge in [-0.2, -0.15) is 18.2 Å². The largest absolute Gasteiger partial charge is 0.388 e. The minimum atomic E-state index is -4.10. The van der Waals surface area contributed by atoms with Crippen molar-refractivity contribution >= 4 is 21.9 Å². The fraction of sp³-hybridized carbons (Fsp3) is 0.333. The predicted molar refractivity (Wildman–Crippen MR) is 120 cm³/mol. The Balaban J connectivity index is 1.50. The minimum Gasteiger partial charge on any atom is -0.388 e. The van der Waals surface area contributed by atoms with Gasteiger partial charge in [0.25, 0.3) is 0 Å². The van der Waals surface area contributed by atoms with Crippen LogP contribution in [0.2, 0.25) is 0 Å². The van der Waals surface area contributed by atoms with E-state index < -0.39 is 40.4 Å². The molecule has 0 radical (unpaired) electrons. The van der Waals surface area contributed by atoms with E-state index in [2.05, 4.69) is 20.4 Å². The second-order valence-electron chi connectivity index (χ2n) is 7.86. The average molecular weight is 507 g/mol. The zero-order valence-electron chi connectivity index (χ0n) is 18.4. The van der Waals surface area contributed by atoms with E-state index in [1.165, 1.54) is 35.5 Å². The number of carbonyl (C=O) groups excluding carboxylic acids is 1. The van der Waals surface area contributed by atoms with Gasteiger partial charge in [0.2, 0.25) is 5.78 Å². The number of aliphatic hydroxyl groups excluding tert-OH is 2. The van der Waals surface area contributed by atoms with Crippen molar-refractivity contribution in [2.24, 2.45) is 0 Å². The zero-order chi connectivity index (χ0) is 25.2. The highest BCUT2D eigenvalue weighted by molar-refractivity contribution is 7.84. The van der Waals surface area contributed by atoms with Crippen LogP contribution in [0, 0.1) is 5.82 Å². The van der Waals surface area contributed by atoms with Crippen LogP contribution in [-0.2, 0) is 21.0 Å². The molecule has 1 aliphatic carbocycles. The first-order valence-electron chi connectivity index (χ1n) is 10.5. The number of halogens is 1. The van der Waals surface area contributed by atoms with Crippen molar-refractivity contribution in [2.45, 2.75) is 37.3 Å². The first-order chi connectivity index (χ1) is 16.7. The molecule has 4 rings (SSSR count). The standard InChI is InChI=1S/C21H23FN6O6S/c1-23-35(32,33)34-17-8-16(19(30)20(17)31)26-21-13(9-24-11-25-21)18(29)15-6-7-28(27-15)10-12-4-2-3-5-14(12)22/h2-7,9,11,16-17,19-20,23,30-31H,8,10H2,1H3,(H,24,25,26)/t16-,17-,19+,20+/m1/s1. The quantitative estimate of drug-likeness (QED) is 0.286. The first-order valence-corrected chi connectivity index (χ1v) is 12.0. The zero-order valence-corrected chi connectivity index (χ0v) is 19.3. The molecule has 0 saturated heterocycles. The van der Waals surface area contributed by atoms with E-state index in [0.29, 0.717) is 5.56 Å². The summed E-state index contributed by atoms with van der Waals surface area (Å²) in [5, 5.41) is 27.7. The van der Waals surface area contributed by atoms with Crippen molar-refractivity contribution in [1.29, 1.82) is 0 Å². The van der Waals surface area contributed by atoms with E-state index >= 15 is 0 Å². The summed E-state index contributed by atoms with van der Waals surface area (Å²) in [7, 11) is -2.95.